The van der Waals surface area contributed by atoms with Crippen molar-refractivity contribution in [3.05, 3.63) is 85.3 Å². The van der Waals surface area contributed by atoms with E-state index in [1.54, 1.807) is 6.92 Å². The highest BCUT2D eigenvalue weighted by Crippen LogP contribution is 2.33. The Morgan fingerprint density at radius 2 is 1.94 bits per heavy atom. The maximum absolute atomic E-state index is 13.0. The quantitative estimate of drug-likeness (QED) is 0.258. The highest BCUT2D eigenvalue weighted by atomic mass is 32.1. The van der Waals surface area contributed by atoms with E-state index >= 15 is 0 Å². The second-order valence-electron chi connectivity index (χ2n) is 8.03. The highest BCUT2D eigenvalue weighted by molar-refractivity contribution is 7.22. The van der Waals surface area contributed by atoms with Crippen LogP contribution in [0.4, 0.5) is 22.2 Å². The first kappa shape index (κ1) is 23.1. The smallest absolute Gasteiger partial charge is 0.301 e. The lowest BCUT2D eigenvalue weighted by Crippen LogP contribution is -2.14. The molecule has 1 aliphatic rings. The number of nitro benzene ring substituents is 2. The van der Waals surface area contributed by atoms with Crippen molar-refractivity contribution in [1.29, 1.82) is 0 Å². The van der Waals surface area contributed by atoms with Crippen molar-refractivity contribution in [2.24, 2.45) is 5.10 Å². The normalized spacial score (nSPS) is 14.0. The summed E-state index contributed by atoms with van der Waals surface area (Å²) < 4.78 is 6.85. The van der Waals surface area contributed by atoms with E-state index in [9.17, 15) is 25.0 Å². The number of nitrogens with one attached hydrogen (secondary N) is 2. The van der Waals surface area contributed by atoms with Crippen LogP contribution in [0.1, 0.15) is 40.3 Å². The number of carbonyl (C=O) groups excluding carboxylic acids is 1. The number of para-hydroxylation sites is 1. The number of amides is 1. The lowest BCUT2D eigenvalue weighted by atomic mass is 9.93. The molecule has 12 nitrogen and oxygen atoms in total. The first-order valence-electron chi connectivity index (χ1n) is 10.9. The number of benzene rings is 2. The number of hydrazone groups is 1. The molecule has 1 amide bonds. The molecule has 0 spiro atoms. The molecule has 0 fully saturated rings. The van der Waals surface area contributed by atoms with Gasteiger partial charge in [0.1, 0.15) is 11.4 Å². The number of fused-ring (bicyclic) bond motifs is 2. The van der Waals surface area contributed by atoms with Crippen molar-refractivity contribution in [2.75, 3.05) is 10.7 Å². The van der Waals surface area contributed by atoms with Crippen molar-refractivity contribution in [3.63, 3.8) is 0 Å². The molecule has 1 aliphatic carbocycles. The first-order valence-corrected chi connectivity index (χ1v) is 11.7. The summed E-state index contributed by atoms with van der Waals surface area (Å²) in [6, 6.07) is 10.8. The second kappa shape index (κ2) is 9.19. The van der Waals surface area contributed by atoms with E-state index < -0.39 is 27.1 Å². The Bertz CT molecular complexity index is 1540. The number of furan rings is 1. The molecule has 4 aromatic rings. The monoisotopic (exact) mass is 506 g/mol. The van der Waals surface area contributed by atoms with E-state index in [1.807, 2.05) is 24.3 Å². The molecule has 2 aromatic carbocycles. The Morgan fingerprint density at radius 3 is 2.69 bits per heavy atom. The average molecular weight is 507 g/mol. The van der Waals surface area contributed by atoms with Gasteiger partial charge in [0.05, 0.1) is 31.8 Å². The van der Waals surface area contributed by atoms with Crippen LogP contribution in [0, 0.1) is 27.2 Å². The van der Waals surface area contributed by atoms with Gasteiger partial charge in [-0.15, -0.1) is 0 Å². The first-order chi connectivity index (χ1) is 17.3. The summed E-state index contributed by atoms with van der Waals surface area (Å²) in [4.78, 5) is 38.4. The standard InChI is InChI=1S/C23H18N6O6S/c1-12-20-16(27-26-14-10-9-13(28(31)32)11-17(14)29(33)34)6-4-7-18(20)35-21(12)22(30)25-23-24-15-5-2-3-8-19(15)36-23/h2-3,5,8-11,26H,4,6-7H2,1H3,(H,24,25,30)/b27-16+. The molecule has 36 heavy (non-hydrogen) atoms. The fourth-order valence-electron chi connectivity index (χ4n) is 4.08. The molecule has 5 rings (SSSR count). The summed E-state index contributed by atoms with van der Waals surface area (Å²) in [5.41, 5.74) is 4.45. The fraction of sp³-hybridized carbons (Fsp3) is 0.174. The Kier molecular flexibility index (Phi) is 5.90. The van der Waals surface area contributed by atoms with Crippen molar-refractivity contribution < 1.29 is 19.1 Å². The van der Waals surface area contributed by atoms with Crippen LogP contribution in [0.3, 0.4) is 0 Å². The number of rotatable bonds is 6. The van der Waals surface area contributed by atoms with Crippen LogP contribution in [-0.2, 0) is 6.42 Å². The number of thiazole rings is 1. The SMILES string of the molecule is Cc1c(C(=O)Nc2nc3ccccc3s2)oc2c1/C(=N/Nc1ccc([N+](=O)[O-])cc1[N+](=O)[O-])CCC2. The third-order valence-corrected chi connectivity index (χ3v) is 6.70. The number of nitro groups is 2. The van der Waals surface area contributed by atoms with Gasteiger partial charge in [-0.2, -0.15) is 5.10 Å². The van der Waals surface area contributed by atoms with Gasteiger partial charge < -0.3 is 4.42 Å². The van der Waals surface area contributed by atoms with Crippen molar-refractivity contribution in [1.82, 2.24) is 4.98 Å². The lowest BCUT2D eigenvalue weighted by Gasteiger charge is -2.13. The van der Waals surface area contributed by atoms with Crippen molar-refractivity contribution in [2.45, 2.75) is 26.2 Å². The zero-order valence-electron chi connectivity index (χ0n) is 18.8. The van der Waals surface area contributed by atoms with Crippen LogP contribution in [0.5, 0.6) is 0 Å². The van der Waals surface area contributed by atoms with Crippen molar-refractivity contribution >= 4 is 55.4 Å². The molecule has 2 aromatic heterocycles. The van der Waals surface area contributed by atoms with Crippen molar-refractivity contribution in [3.8, 4) is 0 Å². The topological polar surface area (TPSA) is 166 Å². The van der Waals surface area contributed by atoms with E-state index in [-0.39, 0.29) is 11.4 Å². The molecule has 0 saturated carbocycles. The molecule has 0 atom stereocenters. The molecule has 182 valence electrons. The largest absolute Gasteiger partial charge is 0.455 e. The van der Waals surface area contributed by atoms with Crippen LogP contribution in [0.15, 0.2) is 52.0 Å². The Hall–Kier alpha value is -4.65. The summed E-state index contributed by atoms with van der Waals surface area (Å²) in [5.74, 6) is 0.321. The summed E-state index contributed by atoms with van der Waals surface area (Å²) in [5, 5.41) is 30.0. The molecule has 0 radical (unpaired) electrons. The predicted molar refractivity (Wildman–Crippen MR) is 134 cm³/mol. The second-order valence-corrected chi connectivity index (χ2v) is 9.07. The molecule has 2 N–H and O–H groups in total. The number of aryl methyl sites for hydroxylation is 1. The van der Waals surface area contributed by atoms with Gasteiger partial charge in [0.25, 0.3) is 11.6 Å². The number of non-ortho nitro benzene ring substituents is 1. The van der Waals surface area contributed by atoms with Gasteiger partial charge in [-0.1, -0.05) is 23.5 Å². The lowest BCUT2D eigenvalue weighted by molar-refractivity contribution is -0.393. The third kappa shape index (κ3) is 4.27. The summed E-state index contributed by atoms with van der Waals surface area (Å²) in [7, 11) is 0. The van der Waals surface area contributed by atoms with Crippen LogP contribution in [-0.4, -0.2) is 26.4 Å². The summed E-state index contributed by atoms with van der Waals surface area (Å²) in [6.07, 6.45) is 1.88. The number of carbonyl (C=O) groups is 1. The van der Waals surface area contributed by atoms with Gasteiger partial charge >= 0.3 is 5.69 Å². The fourth-order valence-corrected chi connectivity index (χ4v) is 4.94. The maximum Gasteiger partial charge on any atom is 0.301 e. The van der Waals surface area contributed by atoms with E-state index in [0.717, 1.165) is 22.3 Å². The molecule has 0 unspecified atom stereocenters. The Morgan fingerprint density at radius 1 is 1.14 bits per heavy atom. The van der Waals surface area contributed by atoms with Gasteiger partial charge in [0.2, 0.25) is 0 Å². The minimum atomic E-state index is -0.713. The molecule has 0 aliphatic heterocycles. The van der Waals surface area contributed by atoms with E-state index in [0.29, 0.717) is 47.0 Å². The zero-order chi connectivity index (χ0) is 25.4. The van der Waals surface area contributed by atoms with Crippen LogP contribution in [0.2, 0.25) is 0 Å². The summed E-state index contributed by atoms with van der Waals surface area (Å²) in [6.45, 7) is 1.75. The number of hydrogen-bond donors (Lipinski definition) is 2. The van der Waals surface area contributed by atoms with Gasteiger partial charge in [-0.25, -0.2) is 4.98 Å². The Balaban J connectivity index is 1.42. The van der Waals surface area contributed by atoms with E-state index in [1.165, 1.54) is 17.4 Å². The van der Waals surface area contributed by atoms with Gasteiger partial charge in [-0.05, 0) is 38.0 Å². The number of nitrogens with zero attached hydrogens (tertiary/aromatic N) is 4. The number of anilines is 2. The minimum absolute atomic E-state index is 0.0140. The molecular weight excluding hydrogens is 488 g/mol. The molecule has 0 saturated heterocycles. The molecule has 2 heterocycles. The van der Waals surface area contributed by atoms with E-state index in [2.05, 4.69) is 20.8 Å². The van der Waals surface area contributed by atoms with E-state index in [4.69, 9.17) is 4.42 Å². The highest BCUT2D eigenvalue weighted by Gasteiger charge is 2.29. The minimum Gasteiger partial charge on any atom is -0.455 e. The average Bonchev–Trinajstić information content (AvgIpc) is 3.43. The predicted octanol–water partition coefficient (Wildman–Crippen LogP) is 5.42. The van der Waals surface area contributed by atoms with Gasteiger partial charge in [0, 0.05) is 23.6 Å². The summed E-state index contributed by atoms with van der Waals surface area (Å²) >= 11 is 1.36. The zero-order valence-corrected chi connectivity index (χ0v) is 19.6. The number of aromatic nitrogens is 1. The number of hydrogen-bond acceptors (Lipinski definition) is 10. The molecule has 0 bridgehead atoms. The third-order valence-electron chi connectivity index (χ3n) is 5.75. The van der Waals surface area contributed by atoms with Gasteiger partial charge in [-0.3, -0.25) is 35.8 Å². The maximum atomic E-state index is 13.0. The van der Waals surface area contributed by atoms with Crippen LogP contribution in [0.25, 0.3) is 10.2 Å². The Labute approximate surface area is 206 Å². The van der Waals surface area contributed by atoms with Crippen LogP contribution < -0.4 is 10.7 Å². The molecular formula is C23H18N6O6S. The van der Waals surface area contributed by atoms with Gasteiger partial charge in [0.15, 0.2) is 10.9 Å². The molecule has 13 heteroatoms. The van der Waals surface area contributed by atoms with Crippen LogP contribution >= 0.6 is 11.3 Å².